The number of carbonyl (C=O) groups is 2. The molecule has 3 atom stereocenters. The Balaban J connectivity index is 1.33. The van der Waals surface area contributed by atoms with E-state index in [2.05, 4.69) is 54.5 Å². The van der Waals surface area contributed by atoms with Gasteiger partial charge in [-0.3, -0.25) is 4.79 Å². The van der Waals surface area contributed by atoms with Crippen LogP contribution in [0.1, 0.15) is 67.9 Å². The molecule has 0 bridgehead atoms. The van der Waals surface area contributed by atoms with Crippen molar-refractivity contribution in [3.05, 3.63) is 58.5 Å². The Morgan fingerprint density at radius 1 is 1.10 bits per heavy atom. The van der Waals surface area contributed by atoms with Crippen molar-refractivity contribution in [1.82, 2.24) is 20.2 Å². The fourth-order valence-electron chi connectivity index (χ4n) is 6.38. The van der Waals surface area contributed by atoms with Crippen LogP contribution in [0.25, 0.3) is 22.4 Å². The van der Waals surface area contributed by atoms with Crippen LogP contribution in [0.2, 0.25) is 0 Å². The summed E-state index contributed by atoms with van der Waals surface area (Å²) in [5, 5.41) is 2.74. The van der Waals surface area contributed by atoms with Crippen molar-refractivity contribution in [2.45, 2.75) is 78.1 Å². The first-order chi connectivity index (χ1) is 18.7. The molecule has 1 fully saturated rings. The lowest BCUT2D eigenvalue weighted by molar-refractivity contribution is -0.137. The normalized spacial score (nSPS) is 19.9. The molecule has 2 aliphatic heterocycles. The third-order valence-corrected chi connectivity index (χ3v) is 8.47. The Hall–Kier alpha value is -3.81. The lowest BCUT2D eigenvalue weighted by Gasteiger charge is -2.32. The fraction of sp³-hybridized carbons (Fsp3) is 0.452. The van der Waals surface area contributed by atoms with Gasteiger partial charge in [0.1, 0.15) is 24.2 Å². The Labute approximate surface area is 229 Å². The predicted octanol–water partition coefficient (Wildman–Crippen LogP) is 5.48. The average molecular weight is 529 g/mol. The number of imidazole rings is 1. The highest BCUT2D eigenvalue weighted by Crippen LogP contribution is 2.45. The number of nitrogens with one attached hydrogen (secondary N) is 2. The van der Waals surface area contributed by atoms with Crippen molar-refractivity contribution in [1.29, 1.82) is 0 Å². The van der Waals surface area contributed by atoms with E-state index in [4.69, 9.17) is 14.5 Å². The number of likely N-dealkylation sites (tertiary alicyclic amines) is 1. The summed E-state index contributed by atoms with van der Waals surface area (Å²) in [5.74, 6) is 1.53. The topological polar surface area (TPSA) is 96.5 Å². The van der Waals surface area contributed by atoms with E-state index in [0.29, 0.717) is 6.61 Å². The molecule has 2 aromatic carbocycles. The van der Waals surface area contributed by atoms with Crippen LogP contribution in [0.3, 0.4) is 0 Å². The Bertz CT molecular complexity index is 1460. The minimum atomic E-state index is -0.666. The monoisotopic (exact) mass is 528 g/mol. The number of alkyl carbamates (subject to hydrolysis) is 1. The summed E-state index contributed by atoms with van der Waals surface area (Å²) in [4.78, 5) is 36.3. The van der Waals surface area contributed by atoms with Gasteiger partial charge in [-0.05, 0) is 74.3 Å². The van der Waals surface area contributed by atoms with Crippen LogP contribution < -0.4 is 10.1 Å². The molecule has 8 nitrogen and oxygen atoms in total. The third-order valence-electron chi connectivity index (χ3n) is 8.47. The van der Waals surface area contributed by atoms with Gasteiger partial charge in [-0.1, -0.05) is 37.6 Å². The SMILES string of the molecule is COC(=O)N[C@H](C(=O)N1[C@@H](C)CC[C@H]1c1nc2c([nH]1)-c1cc3c(cc1CC2)-c1ccc(C)cc1CO3)C(C)C. The van der Waals surface area contributed by atoms with Crippen LogP contribution in [0, 0.1) is 12.8 Å². The van der Waals surface area contributed by atoms with Gasteiger partial charge in [0.05, 0.1) is 24.5 Å². The molecule has 2 N–H and O–H groups in total. The maximum Gasteiger partial charge on any atom is 0.407 e. The molecule has 1 saturated heterocycles. The fourth-order valence-corrected chi connectivity index (χ4v) is 6.38. The number of carbonyl (C=O) groups excluding carboxylic acids is 2. The van der Waals surface area contributed by atoms with E-state index in [-0.39, 0.29) is 23.9 Å². The second-order valence-electron chi connectivity index (χ2n) is 11.4. The van der Waals surface area contributed by atoms with Crippen molar-refractivity contribution < 1.29 is 19.1 Å². The van der Waals surface area contributed by atoms with E-state index >= 15 is 0 Å². The molecule has 39 heavy (non-hydrogen) atoms. The van der Waals surface area contributed by atoms with Gasteiger partial charge < -0.3 is 24.7 Å². The summed E-state index contributed by atoms with van der Waals surface area (Å²) in [6, 6.07) is 10.2. The number of nitrogens with zero attached hydrogens (tertiary/aromatic N) is 2. The van der Waals surface area contributed by atoms with E-state index < -0.39 is 12.1 Å². The number of amides is 2. The van der Waals surface area contributed by atoms with Gasteiger partial charge in [-0.25, -0.2) is 9.78 Å². The quantitative estimate of drug-likeness (QED) is 0.468. The highest BCUT2D eigenvalue weighted by Gasteiger charge is 2.41. The minimum Gasteiger partial charge on any atom is -0.488 e. The van der Waals surface area contributed by atoms with Crippen LogP contribution in [0.5, 0.6) is 5.75 Å². The van der Waals surface area contributed by atoms with Gasteiger partial charge in [-0.2, -0.15) is 0 Å². The maximum absolute atomic E-state index is 13.8. The second kappa shape index (κ2) is 9.74. The van der Waals surface area contributed by atoms with Crippen molar-refractivity contribution in [2.24, 2.45) is 5.92 Å². The van der Waals surface area contributed by atoms with Crippen molar-refractivity contribution >= 4 is 12.0 Å². The second-order valence-corrected chi connectivity index (χ2v) is 11.4. The van der Waals surface area contributed by atoms with E-state index in [1.807, 2.05) is 18.7 Å². The Morgan fingerprint density at radius 2 is 1.92 bits per heavy atom. The molecule has 204 valence electrons. The predicted molar refractivity (Wildman–Crippen MR) is 148 cm³/mol. The molecule has 2 amide bonds. The van der Waals surface area contributed by atoms with Crippen LogP contribution in [-0.4, -0.2) is 46.1 Å². The standard InChI is InChI=1S/C31H36N4O4/c1-16(2)27(34-31(37)38-5)30(36)35-18(4)7-11-25(35)29-32-24-10-8-19-13-23-21-9-6-17(3)12-20(21)15-39-26(23)14-22(19)28(24)33-29/h6,9,12-14,16,18,25,27H,7-8,10-11,15H2,1-5H3,(H,32,33)(H,34,37)/t18-,25-,27-/m0/s1. The minimum absolute atomic E-state index is 0.0433. The van der Waals surface area contributed by atoms with Gasteiger partial charge in [0.25, 0.3) is 0 Å². The zero-order valence-electron chi connectivity index (χ0n) is 23.3. The van der Waals surface area contributed by atoms with Crippen molar-refractivity contribution in [2.75, 3.05) is 7.11 Å². The summed E-state index contributed by atoms with van der Waals surface area (Å²) in [6.07, 6.45) is 2.84. The Morgan fingerprint density at radius 3 is 2.69 bits per heavy atom. The number of fused-ring (bicyclic) bond motifs is 6. The zero-order chi connectivity index (χ0) is 27.4. The number of hydrogen-bond acceptors (Lipinski definition) is 5. The molecule has 3 aliphatic rings. The number of hydrogen-bond donors (Lipinski definition) is 2. The number of aromatic amines is 1. The summed E-state index contributed by atoms with van der Waals surface area (Å²) in [5.41, 5.74) is 9.32. The zero-order valence-corrected chi connectivity index (χ0v) is 23.3. The first-order valence-electron chi connectivity index (χ1n) is 13.9. The lowest BCUT2D eigenvalue weighted by Crippen LogP contribution is -2.52. The number of rotatable bonds is 4. The molecule has 0 unspecified atom stereocenters. The number of aryl methyl sites for hydroxylation is 3. The molecule has 1 aromatic heterocycles. The molecular weight excluding hydrogens is 492 g/mol. The lowest BCUT2D eigenvalue weighted by atomic mass is 9.87. The smallest absolute Gasteiger partial charge is 0.407 e. The number of aromatic nitrogens is 2. The van der Waals surface area contributed by atoms with Crippen LogP contribution >= 0.6 is 0 Å². The molecule has 3 aromatic rings. The summed E-state index contributed by atoms with van der Waals surface area (Å²) < 4.78 is 11.0. The first kappa shape index (κ1) is 25.5. The van der Waals surface area contributed by atoms with E-state index in [9.17, 15) is 9.59 Å². The van der Waals surface area contributed by atoms with Gasteiger partial charge in [0, 0.05) is 17.2 Å². The summed E-state index contributed by atoms with van der Waals surface area (Å²) in [6.45, 7) is 8.60. The van der Waals surface area contributed by atoms with E-state index in [1.165, 1.54) is 29.4 Å². The van der Waals surface area contributed by atoms with Crippen molar-refractivity contribution in [3.8, 4) is 28.1 Å². The highest BCUT2D eigenvalue weighted by molar-refractivity contribution is 5.87. The van der Waals surface area contributed by atoms with Gasteiger partial charge in [-0.15, -0.1) is 0 Å². The van der Waals surface area contributed by atoms with Crippen LogP contribution in [0.4, 0.5) is 4.79 Å². The van der Waals surface area contributed by atoms with Gasteiger partial charge >= 0.3 is 6.09 Å². The number of H-pyrrole nitrogens is 1. The van der Waals surface area contributed by atoms with Gasteiger partial charge in [0.15, 0.2) is 0 Å². The number of ether oxygens (including phenoxy) is 2. The largest absolute Gasteiger partial charge is 0.488 e. The van der Waals surface area contributed by atoms with Crippen molar-refractivity contribution in [3.63, 3.8) is 0 Å². The van der Waals surface area contributed by atoms with Gasteiger partial charge in [0.2, 0.25) is 5.91 Å². The molecule has 8 heteroatoms. The van der Waals surface area contributed by atoms with Crippen LogP contribution in [-0.2, 0) is 29.0 Å². The van der Waals surface area contributed by atoms with Crippen LogP contribution in [0.15, 0.2) is 30.3 Å². The third kappa shape index (κ3) is 4.36. The van der Waals surface area contributed by atoms with E-state index in [1.54, 1.807) is 0 Å². The summed E-state index contributed by atoms with van der Waals surface area (Å²) >= 11 is 0. The average Bonchev–Trinajstić information content (AvgIpc) is 3.53. The molecule has 1 aliphatic carbocycles. The number of methoxy groups -OCH3 is 1. The Kier molecular flexibility index (Phi) is 6.36. The molecule has 0 radical (unpaired) electrons. The molecular formula is C31H36N4O4. The molecule has 0 spiro atoms. The highest BCUT2D eigenvalue weighted by atomic mass is 16.5. The molecule has 3 heterocycles. The maximum atomic E-state index is 13.8. The summed E-state index contributed by atoms with van der Waals surface area (Å²) in [7, 11) is 1.31. The number of benzene rings is 2. The molecule has 0 saturated carbocycles. The first-order valence-corrected chi connectivity index (χ1v) is 13.9. The van der Waals surface area contributed by atoms with E-state index in [0.717, 1.165) is 59.8 Å². The molecule has 6 rings (SSSR count).